The van der Waals surface area contributed by atoms with Gasteiger partial charge < -0.3 is 10.6 Å². The number of hydrogen-bond donors (Lipinski definition) is 2. The lowest BCUT2D eigenvalue weighted by molar-refractivity contribution is 0.236. The van der Waals surface area contributed by atoms with Crippen LogP contribution in [-0.2, 0) is 6.54 Å². The Balaban J connectivity index is 1.54. The molecule has 0 bridgehead atoms. The highest BCUT2D eigenvalue weighted by Crippen LogP contribution is 2.17. The molecule has 0 saturated heterocycles. The lowest BCUT2D eigenvalue weighted by atomic mass is 10.0. The summed E-state index contributed by atoms with van der Waals surface area (Å²) in [4.78, 5) is 20.7. The van der Waals surface area contributed by atoms with Crippen molar-refractivity contribution >= 4 is 6.03 Å². The number of hydrogen-bond acceptors (Lipinski definition) is 3. The first-order chi connectivity index (χ1) is 12.8. The first-order valence-electron chi connectivity index (χ1n) is 8.79. The van der Waals surface area contributed by atoms with Gasteiger partial charge in [-0.25, -0.2) is 14.8 Å². The average molecular weight is 349 g/mol. The summed E-state index contributed by atoms with van der Waals surface area (Å²) in [5.41, 5.74) is 2.06. The Morgan fingerprint density at radius 3 is 2.69 bits per heavy atom. The van der Waals surface area contributed by atoms with Crippen molar-refractivity contribution in [3.8, 4) is 5.82 Å². The minimum atomic E-state index is -0.175. The van der Waals surface area contributed by atoms with Crippen molar-refractivity contribution in [1.29, 1.82) is 0 Å². The second kappa shape index (κ2) is 8.80. The number of amides is 2. The van der Waals surface area contributed by atoms with E-state index in [1.165, 1.54) is 0 Å². The van der Waals surface area contributed by atoms with E-state index in [4.69, 9.17) is 0 Å². The summed E-state index contributed by atoms with van der Waals surface area (Å²) >= 11 is 0. The number of nitrogens with one attached hydrogen (secondary N) is 2. The number of nitrogens with zero attached hydrogens (tertiary/aromatic N) is 3. The topological polar surface area (TPSA) is 71.8 Å². The summed E-state index contributed by atoms with van der Waals surface area (Å²) in [7, 11) is 0. The Labute approximate surface area is 153 Å². The van der Waals surface area contributed by atoms with Crippen molar-refractivity contribution in [3.63, 3.8) is 0 Å². The quantitative estimate of drug-likeness (QED) is 0.684. The molecule has 0 fully saturated rings. The van der Waals surface area contributed by atoms with Crippen LogP contribution in [0.5, 0.6) is 0 Å². The van der Waals surface area contributed by atoms with Crippen molar-refractivity contribution in [2.24, 2.45) is 0 Å². The van der Waals surface area contributed by atoms with E-state index in [9.17, 15) is 4.79 Å². The van der Waals surface area contributed by atoms with Gasteiger partial charge in [0.2, 0.25) is 0 Å². The molecule has 134 valence electrons. The fraction of sp³-hybridized carbons (Fsp3) is 0.250. The SMILES string of the molecule is CCC[C@H](NC(=O)NCc1ccc(-n2ccnc2)nc1)c1ccccc1. The van der Waals surface area contributed by atoms with Crippen molar-refractivity contribution < 1.29 is 4.79 Å². The van der Waals surface area contributed by atoms with Gasteiger partial charge in [-0.1, -0.05) is 49.7 Å². The van der Waals surface area contributed by atoms with Gasteiger partial charge in [0, 0.05) is 25.1 Å². The summed E-state index contributed by atoms with van der Waals surface area (Å²) in [5, 5.41) is 5.96. The monoisotopic (exact) mass is 349 g/mol. The number of pyridine rings is 1. The standard InChI is InChI=1S/C20H23N5O/c1-2-6-18(17-7-4-3-5-8-17)24-20(26)23-14-16-9-10-19(22-13-16)25-12-11-21-15-25/h3-5,7-13,15,18H,2,6,14H2,1H3,(H2,23,24,26)/t18-/m0/s1. The average Bonchev–Trinajstić information content (AvgIpc) is 3.22. The van der Waals surface area contributed by atoms with Crippen LogP contribution in [0.3, 0.4) is 0 Å². The second-order valence-electron chi connectivity index (χ2n) is 6.07. The van der Waals surface area contributed by atoms with Crippen LogP contribution in [-0.4, -0.2) is 20.6 Å². The van der Waals surface area contributed by atoms with E-state index in [1.807, 2.05) is 53.2 Å². The zero-order valence-corrected chi connectivity index (χ0v) is 14.8. The van der Waals surface area contributed by atoms with E-state index in [0.717, 1.165) is 29.8 Å². The summed E-state index contributed by atoms with van der Waals surface area (Å²) in [6, 6.07) is 13.7. The number of urea groups is 1. The first kappa shape index (κ1) is 17.7. The molecule has 0 aliphatic rings. The predicted molar refractivity (Wildman–Crippen MR) is 101 cm³/mol. The third-order valence-corrected chi connectivity index (χ3v) is 4.12. The van der Waals surface area contributed by atoms with Crippen LogP contribution in [0, 0.1) is 0 Å². The van der Waals surface area contributed by atoms with Gasteiger partial charge in [-0.3, -0.25) is 4.57 Å². The highest BCUT2D eigenvalue weighted by atomic mass is 16.2. The molecule has 3 aromatic rings. The minimum absolute atomic E-state index is 0.0166. The number of carbonyl (C=O) groups excluding carboxylic acids is 1. The van der Waals surface area contributed by atoms with Crippen molar-refractivity contribution in [3.05, 3.63) is 78.5 Å². The Kier molecular flexibility index (Phi) is 5.98. The molecule has 0 unspecified atom stereocenters. The number of benzene rings is 1. The van der Waals surface area contributed by atoms with Crippen LogP contribution < -0.4 is 10.6 Å². The lowest BCUT2D eigenvalue weighted by Crippen LogP contribution is -2.37. The molecular weight excluding hydrogens is 326 g/mol. The maximum atomic E-state index is 12.3. The number of carbonyl (C=O) groups is 1. The van der Waals surface area contributed by atoms with E-state index in [0.29, 0.717) is 6.54 Å². The normalized spacial score (nSPS) is 11.7. The second-order valence-corrected chi connectivity index (χ2v) is 6.07. The molecule has 0 saturated carbocycles. The van der Waals surface area contributed by atoms with Crippen molar-refractivity contribution in [2.45, 2.75) is 32.4 Å². The van der Waals surface area contributed by atoms with Gasteiger partial charge >= 0.3 is 6.03 Å². The third-order valence-electron chi connectivity index (χ3n) is 4.12. The molecule has 6 nitrogen and oxygen atoms in total. The summed E-state index contributed by atoms with van der Waals surface area (Å²) in [5.74, 6) is 0.794. The molecule has 0 aliphatic heterocycles. The zero-order valence-electron chi connectivity index (χ0n) is 14.8. The molecule has 1 aromatic carbocycles. The fourth-order valence-electron chi connectivity index (χ4n) is 2.76. The number of rotatable bonds is 7. The third kappa shape index (κ3) is 4.69. The van der Waals surface area contributed by atoms with E-state index < -0.39 is 0 Å². The molecule has 0 aliphatic carbocycles. The molecule has 2 amide bonds. The van der Waals surface area contributed by atoms with Gasteiger partial charge in [0.05, 0.1) is 6.04 Å². The molecule has 0 radical (unpaired) electrons. The predicted octanol–water partition coefficient (Wildman–Crippen LogP) is 3.61. The maximum absolute atomic E-state index is 12.3. The van der Waals surface area contributed by atoms with Crippen LogP contribution in [0.4, 0.5) is 4.79 Å². The maximum Gasteiger partial charge on any atom is 0.315 e. The van der Waals surface area contributed by atoms with Crippen LogP contribution in [0.15, 0.2) is 67.4 Å². The van der Waals surface area contributed by atoms with Crippen LogP contribution >= 0.6 is 0 Å². The summed E-state index contributed by atoms with van der Waals surface area (Å²) < 4.78 is 1.83. The van der Waals surface area contributed by atoms with E-state index in [-0.39, 0.29) is 12.1 Å². The Morgan fingerprint density at radius 1 is 1.19 bits per heavy atom. The molecule has 6 heteroatoms. The smallest absolute Gasteiger partial charge is 0.315 e. The molecular formula is C20H23N5O. The van der Waals surface area contributed by atoms with Crippen LogP contribution in [0.2, 0.25) is 0 Å². The molecule has 3 rings (SSSR count). The van der Waals surface area contributed by atoms with Gasteiger partial charge in [0.1, 0.15) is 12.1 Å². The van der Waals surface area contributed by atoms with Gasteiger partial charge in [-0.05, 0) is 23.6 Å². The van der Waals surface area contributed by atoms with Gasteiger partial charge in [0.15, 0.2) is 0 Å². The highest BCUT2D eigenvalue weighted by Gasteiger charge is 2.13. The molecule has 1 atom stereocenters. The summed E-state index contributed by atoms with van der Waals surface area (Å²) in [6.45, 7) is 2.54. The minimum Gasteiger partial charge on any atom is -0.334 e. The Hall–Kier alpha value is -3.15. The zero-order chi connectivity index (χ0) is 18.2. The molecule has 0 spiro atoms. The van der Waals surface area contributed by atoms with E-state index in [1.54, 1.807) is 18.7 Å². The molecule has 2 aromatic heterocycles. The Bertz CT molecular complexity index is 800. The van der Waals surface area contributed by atoms with Gasteiger partial charge in [-0.2, -0.15) is 0 Å². The van der Waals surface area contributed by atoms with Gasteiger partial charge in [0.25, 0.3) is 0 Å². The van der Waals surface area contributed by atoms with E-state index >= 15 is 0 Å². The summed E-state index contributed by atoms with van der Waals surface area (Å²) in [6.07, 6.45) is 8.91. The highest BCUT2D eigenvalue weighted by molar-refractivity contribution is 5.74. The van der Waals surface area contributed by atoms with Crippen LogP contribution in [0.1, 0.15) is 36.9 Å². The molecule has 2 heterocycles. The van der Waals surface area contributed by atoms with Crippen LogP contribution in [0.25, 0.3) is 5.82 Å². The number of aromatic nitrogens is 3. The fourth-order valence-corrected chi connectivity index (χ4v) is 2.76. The molecule has 2 N–H and O–H groups in total. The largest absolute Gasteiger partial charge is 0.334 e. The lowest BCUT2D eigenvalue weighted by Gasteiger charge is -2.19. The first-order valence-corrected chi connectivity index (χ1v) is 8.79. The molecule has 26 heavy (non-hydrogen) atoms. The number of imidazole rings is 1. The van der Waals surface area contributed by atoms with E-state index in [2.05, 4.69) is 27.5 Å². The van der Waals surface area contributed by atoms with Gasteiger partial charge in [-0.15, -0.1) is 0 Å². The Morgan fingerprint density at radius 2 is 2.04 bits per heavy atom. The van der Waals surface area contributed by atoms with Crippen molar-refractivity contribution in [2.75, 3.05) is 0 Å². The van der Waals surface area contributed by atoms with Crippen molar-refractivity contribution in [1.82, 2.24) is 25.2 Å².